The first-order valence-corrected chi connectivity index (χ1v) is 5.43. The molecule has 0 unspecified atom stereocenters. The smallest absolute Gasteiger partial charge is 0.415 e. The van der Waals surface area contributed by atoms with Crippen LogP contribution in [0.15, 0.2) is 24.3 Å². The van der Waals surface area contributed by atoms with Crippen LogP contribution in [-0.2, 0) is 4.74 Å². The van der Waals surface area contributed by atoms with Crippen molar-refractivity contribution in [3.8, 4) is 0 Å². The van der Waals surface area contributed by atoms with E-state index in [4.69, 9.17) is 9.84 Å². The van der Waals surface area contributed by atoms with E-state index in [1.54, 1.807) is 17.0 Å². The summed E-state index contributed by atoms with van der Waals surface area (Å²) in [7, 11) is 0. The molecule has 5 nitrogen and oxygen atoms in total. The van der Waals surface area contributed by atoms with Crippen molar-refractivity contribution in [3.63, 3.8) is 0 Å². The van der Waals surface area contributed by atoms with Gasteiger partial charge in [0, 0.05) is 5.69 Å². The summed E-state index contributed by atoms with van der Waals surface area (Å²) in [5.41, 5.74) is 0.753. The first-order valence-electron chi connectivity index (χ1n) is 5.43. The minimum absolute atomic E-state index is 0.165. The summed E-state index contributed by atoms with van der Waals surface area (Å²) in [5.74, 6) is -0.971. The lowest BCUT2D eigenvalue weighted by atomic mass is 10.1. The molecule has 1 saturated heterocycles. The van der Waals surface area contributed by atoms with Crippen molar-refractivity contribution in [2.75, 3.05) is 11.5 Å². The molecular formula is C12H11NO4. The number of aromatic carboxylic acids is 1. The number of carboxylic acid groups (broad SMARTS) is 1. The summed E-state index contributed by atoms with van der Waals surface area (Å²) in [6.07, 6.45) is 1.55. The van der Waals surface area contributed by atoms with Gasteiger partial charge in [-0.1, -0.05) is 0 Å². The highest BCUT2D eigenvalue weighted by atomic mass is 16.6. The number of nitrogens with zero attached hydrogens (tertiary/aromatic N) is 1. The average Bonchev–Trinajstić information content (AvgIpc) is 3.00. The second-order valence-corrected chi connectivity index (χ2v) is 4.47. The van der Waals surface area contributed by atoms with Crippen LogP contribution in [0.2, 0.25) is 0 Å². The first kappa shape index (κ1) is 10.1. The third kappa shape index (κ3) is 1.46. The van der Waals surface area contributed by atoms with Crippen molar-refractivity contribution in [2.24, 2.45) is 0 Å². The number of cyclic esters (lactones) is 1. The van der Waals surface area contributed by atoms with Crippen molar-refractivity contribution >= 4 is 17.7 Å². The zero-order valence-corrected chi connectivity index (χ0v) is 9.05. The van der Waals surface area contributed by atoms with Gasteiger partial charge in [-0.2, -0.15) is 0 Å². The molecule has 1 aliphatic carbocycles. The van der Waals surface area contributed by atoms with E-state index in [1.165, 1.54) is 12.1 Å². The second kappa shape index (κ2) is 3.23. The molecule has 5 heteroatoms. The molecule has 3 rings (SSSR count). The van der Waals surface area contributed by atoms with Gasteiger partial charge in [0.2, 0.25) is 0 Å². The summed E-state index contributed by atoms with van der Waals surface area (Å²) >= 11 is 0. The summed E-state index contributed by atoms with van der Waals surface area (Å²) in [4.78, 5) is 24.0. The van der Waals surface area contributed by atoms with E-state index in [0.29, 0.717) is 12.3 Å². The number of benzene rings is 1. The highest BCUT2D eigenvalue weighted by Gasteiger charge is 2.57. The van der Waals surface area contributed by atoms with Crippen LogP contribution in [0.25, 0.3) is 0 Å². The van der Waals surface area contributed by atoms with Gasteiger partial charge in [-0.3, -0.25) is 4.90 Å². The van der Waals surface area contributed by atoms with Crippen molar-refractivity contribution in [2.45, 2.75) is 18.4 Å². The predicted molar refractivity (Wildman–Crippen MR) is 59.2 cm³/mol. The van der Waals surface area contributed by atoms with E-state index in [9.17, 15) is 9.59 Å². The number of carbonyl (C=O) groups is 2. The van der Waals surface area contributed by atoms with Crippen LogP contribution >= 0.6 is 0 Å². The molecule has 1 heterocycles. The Hall–Kier alpha value is -2.04. The lowest BCUT2D eigenvalue weighted by Gasteiger charge is -2.20. The maximum atomic E-state index is 11.6. The lowest BCUT2D eigenvalue weighted by Crippen LogP contribution is -2.35. The maximum Gasteiger partial charge on any atom is 0.415 e. The number of carboxylic acids is 1. The highest BCUT2D eigenvalue weighted by molar-refractivity contribution is 5.94. The third-order valence-electron chi connectivity index (χ3n) is 3.32. The monoisotopic (exact) mass is 233 g/mol. The van der Waals surface area contributed by atoms with Gasteiger partial charge in [-0.05, 0) is 37.1 Å². The first-order chi connectivity index (χ1) is 8.12. The molecule has 0 atom stereocenters. The van der Waals surface area contributed by atoms with E-state index < -0.39 is 5.97 Å². The fourth-order valence-corrected chi connectivity index (χ4v) is 2.16. The number of hydrogen-bond acceptors (Lipinski definition) is 3. The Balaban J connectivity index is 1.93. The quantitative estimate of drug-likeness (QED) is 0.846. The van der Waals surface area contributed by atoms with Gasteiger partial charge in [-0.25, -0.2) is 9.59 Å². The van der Waals surface area contributed by atoms with Crippen LogP contribution in [0, 0.1) is 0 Å². The minimum atomic E-state index is -0.971. The number of ether oxygens (including phenoxy) is 1. The molecular weight excluding hydrogens is 222 g/mol. The number of rotatable bonds is 2. The topological polar surface area (TPSA) is 66.8 Å². The fourth-order valence-electron chi connectivity index (χ4n) is 2.16. The number of anilines is 1. The Kier molecular flexibility index (Phi) is 1.92. The van der Waals surface area contributed by atoms with Crippen LogP contribution in [0.5, 0.6) is 0 Å². The number of amides is 1. The van der Waals surface area contributed by atoms with Crippen LogP contribution in [0.3, 0.4) is 0 Å². The third-order valence-corrected chi connectivity index (χ3v) is 3.32. The Morgan fingerprint density at radius 1 is 1.29 bits per heavy atom. The van der Waals surface area contributed by atoms with Crippen LogP contribution < -0.4 is 4.90 Å². The van der Waals surface area contributed by atoms with E-state index in [1.807, 2.05) is 0 Å². The standard InChI is InChI=1S/C12H11NO4/c14-10(15)8-1-3-9(4-2-8)13-11(16)17-7-12(13)5-6-12/h1-4H,5-7H2,(H,14,15). The van der Waals surface area contributed by atoms with Crippen molar-refractivity contribution in [1.82, 2.24) is 0 Å². The number of hydrogen-bond donors (Lipinski definition) is 1. The van der Waals surface area contributed by atoms with Gasteiger partial charge in [0.15, 0.2) is 0 Å². The molecule has 1 N–H and O–H groups in total. The molecule has 17 heavy (non-hydrogen) atoms. The fraction of sp³-hybridized carbons (Fsp3) is 0.333. The Labute approximate surface area is 97.6 Å². The molecule has 0 radical (unpaired) electrons. The van der Waals surface area contributed by atoms with Gasteiger partial charge >= 0.3 is 12.1 Å². The van der Waals surface area contributed by atoms with Gasteiger partial charge in [0.05, 0.1) is 11.1 Å². The van der Waals surface area contributed by atoms with Gasteiger partial charge < -0.3 is 9.84 Å². The normalized spacial score (nSPS) is 20.5. The van der Waals surface area contributed by atoms with Gasteiger partial charge in [0.25, 0.3) is 0 Å². The molecule has 2 fully saturated rings. The molecule has 1 aromatic rings. The SMILES string of the molecule is O=C(O)c1ccc(N2C(=O)OCC23CC3)cc1. The summed E-state index contributed by atoms with van der Waals surface area (Å²) in [5, 5.41) is 8.80. The van der Waals surface area contributed by atoms with Gasteiger partial charge in [-0.15, -0.1) is 0 Å². The maximum absolute atomic E-state index is 11.6. The Bertz CT molecular complexity index is 490. The molecule has 1 saturated carbocycles. The Morgan fingerprint density at radius 2 is 1.94 bits per heavy atom. The molecule has 1 amide bonds. The zero-order chi connectivity index (χ0) is 12.0. The van der Waals surface area contributed by atoms with E-state index in [-0.39, 0.29) is 17.2 Å². The van der Waals surface area contributed by atoms with E-state index in [2.05, 4.69) is 0 Å². The largest absolute Gasteiger partial charge is 0.478 e. The molecule has 2 aliphatic rings. The predicted octanol–water partition coefficient (Wildman–Crippen LogP) is 1.87. The molecule has 1 spiro atoms. The van der Waals surface area contributed by atoms with Crippen molar-refractivity contribution in [3.05, 3.63) is 29.8 Å². The summed E-state index contributed by atoms with van der Waals surface area (Å²) in [6.45, 7) is 0.437. The molecule has 1 aliphatic heterocycles. The molecule has 0 aromatic heterocycles. The second-order valence-electron chi connectivity index (χ2n) is 4.47. The zero-order valence-electron chi connectivity index (χ0n) is 9.05. The van der Waals surface area contributed by atoms with E-state index >= 15 is 0 Å². The van der Waals surface area contributed by atoms with Crippen LogP contribution in [0.1, 0.15) is 23.2 Å². The van der Waals surface area contributed by atoms with Gasteiger partial charge in [0.1, 0.15) is 6.61 Å². The number of carbonyl (C=O) groups excluding carboxylic acids is 1. The van der Waals surface area contributed by atoms with E-state index in [0.717, 1.165) is 12.8 Å². The molecule has 0 bridgehead atoms. The lowest BCUT2D eigenvalue weighted by molar-refractivity contribution is 0.0697. The molecule has 1 aromatic carbocycles. The average molecular weight is 233 g/mol. The van der Waals surface area contributed by atoms with Crippen molar-refractivity contribution < 1.29 is 19.4 Å². The summed E-state index contributed by atoms with van der Waals surface area (Å²) in [6, 6.07) is 6.30. The highest BCUT2D eigenvalue weighted by Crippen LogP contribution is 2.48. The Morgan fingerprint density at radius 3 is 2.47 bits per heavy atom. The minimum Gasteiger partial charge on any atom is -0.478 e. The van der Waals surface area contributed by atoms with Crippen LogP contribution in [-0.4, -0.2) is 29.3 Å². The summed E-state index contributed by atoms with van der Waals surface area (Å²) < 4.78 is 5.05. The van der Waals surface area contributed by atoms with Crippen LogP contribution in [0.4, 0.5) is 10.5 Å². The molecule has 88 valence electrons. The van der Waals surface area contributed by atoms with Crippen molar-refractivity contribution in [1.29, 1.82) is 0 Å².